The number of aliphatic carboxylic acids is 1. The largest absolute Gasteiger partial charge is 0.481 e. The van der Waals surface area contributed by atoms with Gasteiger partial charge >= 0.3 is 5.97 Å². The number of hydrogen-bond acceptors (Lipinski definition) is 5. The molecule has 2 N–H and O–H groups in total. The fourth-order valence-corrected chi connectivity index (χ4v) is 2.18. The first-order valence-electron chi connectivity index (χ1n) is 6.06. The van der Waals surface area contributed by atoms with Crippen LogP contribution >= 0.6 is 0 Å². The Morgan fingerprint density at radius 2 is 2.16 bits per heavy atom. The molecule has 1 aliphatic heterocycles. The standard InChI is InChI=1S/C12H16N2O5/c1-8-6-9(14-19-8)11(17)13-12(7-10(15)16)2-4-18-5-3-12/h6H,2-5,7H2,1H3,(H,13,17)(H,15,16). The van der Waals surface area contributed by atoms with Gasteiger partial charge in [0.2, 0.25) is 0 Å². The van der Waals surface area contributed by atoms with Crippen molar-refractivity contribution in [1.29, 1.82) is 0 Å². The number of hydrogen-bond donors (Lipinski definition) is 2. The molecule has 1 fully saturated rings. The fraction of sp³-hybridized carbons (Fsp3) is 0.583. The number of carbonyl (C=O) groups is 2. The molecule has 1 saturated heterocycles. The van der Waals surface area contributed by atoms with Crippen LogP contribution in [0.4, 0.5) is 0 Å². The lowest BCUT2D eigenvalue weighted by Crippen LogP contribution is -2.53. The van der Waals surface area contributed by atoms with Gasteiger partial charge in [-0.2, -0.15) is 0 Å². The van der Waals surface area contributed by atoms with Gasteiger partial charge in [-0.3, -0.25) is 9.59 Å². The van der Waals surface area contributed by atoms with Crippen molar-refractivity contribution >= 4 is 11.9 Å². The predicted molar refractivity (Wildman–Crippen MR) is 63.7 cm³/mol. The number of nitrogens with zero attached hydrogens (tertiary/aromatic N) is 1. The molecule has 0 saturated carbocycles. The average Bonchev–Trinajstić information content (AvgIpc) is 2.76. The average molecular weight is 268 g/mol. The van der Waals surface area contributed by atoms with E-state index in [-0.39, 0.29) is 12.1 Å². The minimum absolute atomic E-state index is 0.126. The van der Waals surface area contributed by atoms with E-state index >= 15 is 0 Å². The zero-order chi connectivity index (χ0) is 13.9. The Bertz CT molecular complexity index is 476. The second kappa shape index (κ2) is 5.40. The van der Waals surface area contributed by atoms with E-state index in [1.165, 1.54) is 6.07 Å². The smallest absolute Gasteiger partial charge is 0.305 e. The molecule has 19 heavy (non-hydrogen) atoms. The van der Waals surface area contributed by atoms with Crippen LogP contribution in [0.3, 0.4) is 0 Å². The SMILES string of the molecule is Cc1cc(C(=O)NC2(CC(=O)O)CCOCC2)no1. The quantitative estimate of drug-likeness (QED) is 0.835. The maximum Gasteiger partial charge on any atom is 0.305 e. The Morgan fingerprint density at radius 3 is 2.68 bits per heavy atom. The van der Waals surface area contributed by atoms with E-state index in [0.717, 1.165) is 0 Å². The normalized spacial score (nSPS) is 17.9. The Hall–Kier alpha value is -1.89. The van der Waals surface area contributed by atoms with Gasteiger partial charge in [-0.25, -0.2) is 0 Å². The van der Waals surface area contributed by atoms with E-state index in [1.54, 1.807) is 6.92 Å². The number of carboxylic acid groups (broad SMARTS) is 1. The summed E-state index contributed by atoms with van der Waals surface area (Å²) in [4.78, 5) is 23.0. The molecule has 0 spiro atoms. The zero-order valence-electron chi connectivity index (χ0n) is 10.6. The van der Waals surface area contributed by atoms with Gasteiger partial charge in [0.05, 0.1) is 12.0 Å². The molecule has 0 radical (unpaired) electrons. The molecule has 7 nitrogen and oxygen atoms in total. The summed E-state index contributed by atoms with van der Waals surface area (Å²) in [6.07, 6.45) is 0.822. The maximum absolute atomic E-state index is 12.0. The summed E-state index contributed by atoms with van der Waals surface area (Å²) >= 11 is 0. The Labute approximate surface area is 109 Å². The lowest BCUT2D eigenvalue weighted by molar-refractivity contribution is -0.139. The van der Waals surface area contributed by atoms with Crippen molar-refractivity contribution in [3.63, 3.8) is 0 Å². The third kappa shape index (κ3) is 3.31. The minimum atomic E-state index is -0.946. The monoisotopic (exact) mass is 268 g/mol. The first kappa shape index (κ1) is 13.5. The molecular weight excluding hydrogens is 252 g/mol. The summed E-state index contributed by atoms with van der Waals surface area (Å²) in [5.74, 6) is -0.831. The van der Waals surface area contributed by atoms with Gasteiger partial charge in [-0.1, -0.05) is 5.16 Å². The molecule has 2 rings (SSSR count). The highest BCUT2D eigenvalue weighted by molar-refractivity contribution is 5.93. The highest BCUT2D eigenvalue weighted by Gasteiger charge is 2.37. The van der Waals surface area contributed by atoms with Gasteiger partial charge in [0.15, 0.2) is 5.69 Å². The van der Waals surface area contributed by atoms with E-state index < -0.39 is 17.4 Å². The molecule has 0 unspecified atom stereocenters. The van der Waals surface area contributed by atoms with E-state index in [4.69, 9.17) is 14.4 Å². The molecule has 2 heterocycles. The Balaban J connectivity index is 2.11. The van der Waals surface area contributed by atoms with Crippen LogP contribution < -0.4 is 5.32 Å². The van der Waals surface area contributed by atoms with Crippen molar-refractivity contribution in [1.82, 2.24) is 10.5 Å². The minimum Gasteiger partial charge on any atom is -0.481 e. The first-order valence-corrected chi connectivity index (χ1v) is 6.06. The van der Waals surface area contributed by atoms with Crippen LogP contribution in [0.5, 0.6) is 0 Å². The van der Waals surface area contributed by atoms with E-state index in [0.29, 0.717) is 31.8 Å². The fourth-order valence-electron chi connectivity index (χ4n) is 2.18. The van der Waals surface area contributed by atoms with Crippen LogP contribution in [0.25, 0.3) is 0 Å². The van der Waals surface area contributed by atoms with Gasteiger partial charge in [-0.15, -0.1) is 0 Å². The molecule has 0 aromatic carbocycles. The number of carbonyl (C=O) groups excluding carboxylic acids is 1. The van der Waals surface area contributed by atoms with Crippen molar-refractivity contribution < 1.29 is 24.0 Å². The number of aryl methyl sites for hydroxylation is 1. The summed E-state index contributed by atoms with van der Waals surface area (Å²) in [6, 6.07) is 1.52. The topological polar surface area (TPSA) is 102 Å². The molecule has 1 aliphatic rings. The van der Waals surface area contributed by atoms with Gasteiger partial charge in [0.1, 0.15) is 5.76 Å². The highest BCUT2D eigenvalue weighted by Crippen LogP contribution is 2.25. The summed E-state index contributed by atoms with van der Waals surface area (Å²) in [5, 5.41) is 15.4. The highest BCUT2D eigenvalue weighted by atomic mass is 16.5. The molecule has 1 amide bonds. The first-order chi connectivity index (χ1) is 9.01. The Kier molecular flexibility index (Phi) is 3.84. The summed E-state index contributed by atoms with van der Waals surface area (Å²) in [5.41, 5.74) is -0.609. The second-order valence-corrected chi connectivity index (χ2v) is 4.74. The number of ether oxygens (including phenoxy) is 1. The molecular formula is C12H16N2O5. The lowest BCUT2D eigenvalue weighted by atomic mass is 9.86. The van der Waals surface area contributed by atoms with Crippen molar-refractivity contribution in [3.8, 4) is 0 Å². The van der Waals surface area contributed by atoms with Crippen LogP contribution in [-0.4, -0.2) is 40.9 Å². The molecule has 0 atom stereocenters. The third-order valence-electron chi connectivity index (χ3n) is 3.18. The van der Waals surface area contributed by atoms with Crippen LogP contribution in [0.1, 0.15) is 35.5 Å². The molecule has 7 heteroatoms. The second-order valence-electron chi connectivity index (χ2n) is 4.74. The Morgan fingerprint density at radius 1 is 1.47 bits per heavy atom. The number of aromatic nitrogens is 1. The van der Waals surface area contributed by atoms with Crippen molar-refractivity contribution in [3.05, 3.63) is 17.5 Å². The molecule has 0 aliphatic carbocycles. The number of amides is 1. The maximum atomic E-state index is 12.0. The summed E-state index contributed by atoms with van der Waals surface area (Å²) in [6.45, 7) is 2.56. The number of carboxylic acids is 1. The number of rotatable bonds is 4. The zero-order valence-corrected chi connectivity index (χ0v) is 10.6. The molecule has 1 aromatic rings. The van der Waals surface area contributed by atoms with Crippen LogP contribution in [0.2, 0.25) is 0 Å². The molecule has 0 bridgehead atoms. The summed E-state index contributed by atoms with van der Waals surface area (Å²) in [7, 11) is 0. The van der Waals surface area contributed by atoms with Crippen molar-refractivity contribution in [2.75, 3.05) is 13.2 Å². The third-order valence-corrected chi connectivity index (χ3v) is 3.18. The summed E-state index contributed by atoms with van der Waals surface area (Å²) < 4.78 is 10.1. The predicted octanol–water partition coefficient (Wildman–Crippen LogP) is 0.737. The van der Waals surface area contributed by atoms with Gasteiger partial charge < -0.3 is 19.7 Å². The number of nitrogens with one attached hydrogen (secondary N) is 1. The van der Waals surface area contributed by atoms with Crippen molar-refractivity contribution in [2.24, 2.45) is 0 Å². The van der Waals surface area contributed by atoms with Crippen molar-refractivity contribution in [2.45, 2.75) is 31.7 Å². The van der Waals surface area contributed by atoms with E-state index in [9.17, 15) is 9.59 Å². The molecule has 104 valence electrons. The van der Waals surface area contributed by atoms with Crippen LogP contribution in [0.15, 0.2) is 10.6 Å². The van der Waals surface area contributed by atoms with Crippen LogP contribution in [0, 0.1) is 6.92 Å². The molecule has 1 aromatic heterocycles. The van der Waals surface area contributed by atoms with E-state index in [2.05, 4.69) is 10.5 Å². The van der Waals surface area contributed by atoms with Gasteiger partial charge in [-0.05, 0) is 19.8 Å². The van der Waals surface area contributed by atoms with E-state index in [1.807, 2.05) is 0 Å². The van der Waals surface area contributed by atoms with Crippen LogP contribution in [-0.2, 0) is 9.53 Å². The lowest BCUT2D eigenvalue weighted by Gasteiger charge is -2.36. The van der Waals surface area contributed by atoms with Gasteiger partial charge in [0.25, 0.3) is 5.91 Å². The van der Waals surface area contributed by atoms with Gasteiger partial charge in [0, 0.05) is 19.3 Å².